The number of hydrogen-bond acceptors (Lipinski definition) is 2. The third-order valence-electron chi connectivity index (χ3n) is 3.95. The highest BCUT2D eigenvalue weighted by Crippen LogP contribution is 2.26. The normalized spacial score (nSPS) is 11.7. The zero-order valence-corrected chi connectivity index (χ0v) is 15.6. The van der Waals surface area contributed by atoms with E-state index in [9.17, 15) is 4.79 Å². The van der Waals surface area contributed by atoms with E-state index in [4.69, 9.17) is 23.8 Å². The van der Waals surface area contributed by atoms with Gasteiger partial charge in [0.15, 0.2) is 5.11 Å². The number of thiocarbonyl (C=S) groups is 1. The molecule has 3 nitrogen and oxygen atoms in total. The van der Waals surface area contributed by atoms with Gasteiger partial charge in [-0.2, -0.15) is 0 Å². The van der Waals surface area contributed by atoms with E-state index in [-0.39, 0.29) is 11.0 Å². The van der Waals surface area contributed by atoms with Crippen LogP contribution >= 0.6 is 23.8 Å². The summed E-state index contributed by atoms with van der Waals surface area (Å²) < 4.78 is 0. The zero-order valence-electron chi connectivity index (χ0n) is 14.0. The van der Waals surface area contributed by atoms with Gasteiger partial charge in [-0.1, -0.05) is 49.7 Å². The van der Waals surface area contributed by atoms with Crippen LogP contribution < -0.4 is 10.6 Å². The number of halogens is 1. The van der Waals surface area contributed by atoms with Crippen LogP contribution in [0.3, 0.4) is 0 Å². The number of hydrogen-bond donors (Lipinski definition) is 2. The average Bonchev–Trinajstić information content (AvgIpc) is 2.54. The molecule has 2 aromatic carbocycles. The molecule has 0 aliphatic rings. The van der Waals surface area contributed by atoms with E-state index in [1.807, 2.05) is 31.2 Å². The summed E-state index contributed by atoms with van der Waals surface area (Å²) in [6.07, 6.45) is 1.02. The lowest BCUT2D eigenvalue weighted by atomic mass is 9.97. The molecule has 24 heavy (non-hydrogen) atoms. The summed E-state index contributed by atoms with van der Waals surface area (Å²) in [4.78, 5) is 12.3. The molecule has 0 aliphatic heterocycles. The second-order valence-electron chi connectivity index (χ2n) is 5.79. The van der Waals surface area contributed by atoms with Crippen molar-refractivity contribution in [2.45, 2.75) is 33.1 Å². The van der Waals surface area contributed by atoms with Gasteiger partial charge in [0.1, 0.15) is 0 Å². The lowest BCUT2D eigenvalue weighted by molar-refractivity contribution is 0.0978. The van der Waals surface area contributed by atoms with E-state index >= 15 is 0 Å². The first-order valence-corrected chi connectivity index (χ1v) is 8.68. The molecule has 1 atom stereocenters. The molecule has 0 heterocycles. The van der Waals surface area contributed by atoms with E-state index in [2.05, 4.69) is 30.5 Å². The predicted molar refractivity (Wildman–Crippen MR) is 105 cm³/mol. The maximum Gasteiger partial charge on any atom is 0.258 e. The first-order chi connectivity index (χ1) is 11.4. The number of aryl methyl sites for hydroxylation is 1. The largest absolute Gasteiger partial charge is 0.332 e. The van der Waals surface area contributed by atoms with Crippen LogP contribution in [-0.2, 0) is 0 Å². The number of nitrogens with one attached hydrogen (secondary N) is 2. The van der Waals surface area contributed by atoms with Crippen molar-refractivity contribution in [3.05, 3.63) is 64.2 Å². The molecule has 2 aromatic rings. The zero-order chi connectivity index (χ0) is 17.7. The Balaban J connectivity index is 2.10. The molecule has 5 heteroatoms. The minimum absolute atomic E-state index is 0.257. The first kappa shape index (κ1) is 18.4. The van der Waals surface area contributed by atoms with Crippen molar-refractivity contribution in [3.8, 4) is 0 Å². The van der Waals surface area contributed by atoms with Crippen molar-refractivity contribution in [2.24, 2.45) is 0 Å². The van der Waals surface area contributed by atoms with Gasteiger partial charge in [-0.05, 0) is 60.8 Å². The molecule has 2 N–H and O–H groups in total. The van der Waals surface area contributed by atoms with E-state index in [0.717, 1.165) is 17.7 Å². The van der Waals surface area contributed by atoms with E-state index in [0.29, 0.717) is 16.5 Å². The van der Waals surface area contributed by atoms with Gasteiger partial charge in [-0.25, -0.2) is 0 Å². The third kappa shape index (κ3) is 4.56. The predicted octanol–water partition coefficient (Wildman–Crippen LogP) is 5.29. The van der Waals surface area contributed by atoms with Gasteiger partial charge in [0.25, 0.3) is 5.91 Å². The highest BCUT2D eigenvalue weighted by Gasteiger charge is 2.14. The summed E-state index contributed by atoms with van der Waals surface area (Å²) in [5, 5.41) is 6.47. The second kappa shape index (κ2) is 8.27. The SMILES string of the molecule is CC[C@H](C)c1ccccc1NC(=S)NC(=O)c1ccc(C)cc1Cl. The van der Waals surface area contributed by atoms with Crippen molar-refractivity contribution >= 4 is 40.5 Å². The van der Waals surface area contributed by atoms with Crippen LogP contribution in [0.4, 0.5) is 5.69 Å². The Kier molecular flexibility index (Phi) is 6.35. The Morgan fingerprint density at radius 3 is 2.62 bits per heavy atom. The molecule has 0 fully saturated rings. The molecule has 0 spiro atoms. The fourth-order valence-corrected chi connectivity index (χ4v) is 2.91. The fourth-order valence-electron chi connectivity index (χ4n) is 2.39. The Morgan fingerprint density at radius 1 is 1.25 bits per heavy atom. The van der Waals surface area contributed by atoms with Crippen LogP contribution in [0.1, 0.15) is 47.7 Å². The summed E-state index contributed by atoms with van der Waals surface area (Å²) in [6, 6.07) is 13.3. The summed E-state index contributed by atoms with van der Waals surface area (Å²) in [7, 11) is 0. The molecule has 126 valence electrons. The minimum Gasteiger partial charge on any atom is -0.332 e. The van der Waals surface area contributed by atoms with Crippen molar-refractivity contribution in [1.82, 2.24) is 5.32 Å². The molecule has 2 rings (SSSR count). The van der Waals surface area contributed by atoms with E-state index < -0.39 is 0 Å². The molecular weight excluding hydrogens is 340 g/mol. The number of para-hydroxylation sites is 1. The topological polar surface area (TPSA) is 41.1 Å². The second-order valence-corrected chi connectivity index (χ2v) is 6.60. The maximum atomic E-state index is 12.3. The Labute approximate surface area is 153 Å². The molecule has 0 aromatic heterocycles. The van der Waals surface area contributed by atoms with Gasteiger partial charge in [0.2, 0.25) is 0 Å². The lowest BCUT2D eigenvalue weighted by Gasteiger charge is -2.17. The molecule has 1 amide bonds. The number of amides is 1. The molecule has 0 unspecified atom stereocenters. The van der Waals surface area contributed by atoms with Crippen LogP contribution in [0.15, 0.2) is 42.5 Å². The van der Waals surface area contributed by atoms with Gasteiger partial charge in [-0.15, -0.1) is 0 Å². The fraction of sp³-hybridized carbons (Fsp3) is 0.263. The molecule has 0 bridgehead atoms. The van der Waals surface area contributed by atoms with Crippen LogP contribution in [0.5, 0.6) is 0 Å². The third-order valence-corrected chi connectivity index (χ3v) is 4.47. The van der Waals surface area contributed by atoms with Crippen LogP contribution in [0.2, 0.25) is 5.02 Å². The smallest absolute Gasteiger partial charge is 0.258 e. The van der Waals surface area contributed by atoms with Gasteiger partial charge in [0, 0.05) is 5.69 Å². The number of benzene rings is 2. The number of anilines is 1. The summed E-state index contributed by atoms with van der Waals surface area (Å²) in [6.45, 7) is 6.22. The maximum absolute atomic E-state index is 12.3. The first-order valence-electron chi connectivity index (χ1n) is 7.89. The lowest BCUT2D eigenvalue weighted by Crippen LogP contribution is -2.34. The van der Waals surface area contributed by atoms with Crippen LogP contribution in [-0.4, -0.2) is 11.0 Å². The van der Waals surface area contributed by atoms with Crippen molar-refractivity contribution in [3.63, 3.8) is 0 Å². The van der Waals surface area contributed by atoms with Crippen LogP contribution in [0.25, 0.3) is 0 Å². The Bertz CT molecular complexity index is 761. The van der Waals surface area contributed by atoms with E-state index in [1.54, 1.807) is 12.1 Å². The highest BCUT2D eigenvalue weighted by molar-refractivity contribution is 7.80. The molecule has 0 saturated carbocycles. The quantitative estimate of drug-likeness (QED) is 0.728. The number of rotatable bonds is 4. The van der Waals surface area contributed by atoms with Crippen molar-refractivity contribution in [1.29, 1.82) is 0 Å². The standard InChI is InChI=1S/C19H21ClN2OS/c1-4-13(3)14-7-5-6-8-17(14)21-19(24)22-18(23)15-10-9-12(2)11-16(15)20/h5-11,13H,4H2,1-3H3,(H2,21,22,23,24)/t13-/m0/s1. The van der Waals surface area contributed by atoms with Crippen LogP contribution in [0, 0.1) is 6.92 Å². The summed E-state index contributed by atoms with van der Waals surface area (Å²) in [5.74, 6) is 0.0808. The Hall–Kier alpha value is -1.91. The summed E-state index contributed by atoms with van der Waals surface area (Å²) >= 11 is 11.4. The van der Waals surface area contributed by atoms with Gasteiger partial charge < -0.3 is 5.32 Å². The monoisotopic (exact) mass is 360 g/mol. The molecule has 0 radical (unpaired) electrons. The number of carbonyl (C=O) groups excluding carboxylic acids is 1. The Morgan fingerprint density at radius 2 is 1.96 bits per heavy atom. The van der Waals surface area contributed by atoms with Gasteiger partial charge >= 0.3 is 0 Å². The number of carbonyl (C=O) groups is 1. The summed E-state index contributed by atoms with van der Waals surface area (Å²) in [5.41, 5.74) is 3.48. The molecular formula is C19H21ClN2OS. The minimum atomic E-state index is -0.321. The van der Waals surface area contributed by atoms with E-state index in [1.165, 1.54) is 5.56 Å². The average molecular weight is 361 g/mol. The van der Waals surface area contributed by atoms with Crippen molar-refractivity contribution < 1.29 is 4.79 Å². The highest BCUT2D eigenvalue weighted by atomic mass is 35.5. The van der Waals surface area contributed by atoms with Crippen molar-refractivity contribution in [2.75, 3.05) is 5.32 Å². The van der Waals surface area contributed by atoms with Gasteiger partial charge in [0.05, 0.1) is 10.6 Å². The molecule has 0 aliphatic carbocycles. The molecule has 0 saturated heterocycles. The van der Waals surface area contributed by atoms with Gasteiger partial charge in [-0.3, -0.25) is 10.1 Å².